The van der Waals surface area contributed by atoms with Crippen LogP contribution in [0.25, 0.3) is 33.5 Å². The predicted octanol–water partition coefficient (Wildman–Crippen LogP) is 10.4. The summed E-state index contributed by atoms with van der Waals surface area (Å²) in [6.07, 6.45) is 5.93. The zero-order chi connectivity index (χ0) is 36.8. The standard InChI is InChI=1S/C46H55N3O3/c1-30(2)33-16-19-38-35(24-33)18-21-41-45(6,22-9-23-46(38,41)7)29-49-40-20-17-34(32-14-12-31(27-47)13-15-32)26-39(40)48-43(49)36-10-8-11-37(25-36)51-28-42(50)52-44(3,4)5/h8,10-17,19-20,24-26,30,41H,9,18,21-23,27-29,47H2,1-7H3/t41-,45+,46+/m0/s1. The molecule has 1 heterocycles. The van der Waals surface area contributed by atoms with E-state index in [9.17, 15) is 4.79 Å². The first-order valence-corrected chi connectivity index (χ1v) is 19.1. The minimum absolute atomic E-state index is 0.0609. The van der Waals surface area contributed by atoms with Crippen LogP contribution in [0.3, 0.4) is 0 Å². The quantitative estimate of drug-likeness (QED) is 0.155. The Morgan fingerprint density at radius 1 is 0.942 bits per heavy atom. The molecule has 0 unspecified atom stereocenters. The Bertz CT molecular complexity index is 2090. The summed E-state index contributed by atoms with van der Waals surface area (Å²) >= 11 is 0. The van der Waals surface area contributed by atoms with Gasteiger partial charge in [-0.2, -0.15) is 0 Å². The van der Waals surface area contributed by atoms with Gasteiger partial charge >= 0.3 is 5.97 Å². The number of hydrogen-bond donors (Lipinski definition) is 1. The molecule has 2 aliphatic rings. The van der Waals surface area contributed by atoms with Gasteiger partial charge in [-0.3, -0.25) is 0 Å². The lowest BCUT2D eigenvalue weighted by molar-refractivity contribution is -0.157. The molecule has 0 amide bonds. The molecule has 0 radical (unpaired) electrons. The van der Waals surface area contributed by atoms with Crippen molar-refractivity contribution in [2.24, 2.45) is 17.1 Å². The number of nitrogens with two attached hydrogens (primary N) is 1. The van der Waals surface area contributed by atoms with Crippen LogP contribution >= 0.6 is 0 Å². The summed E-state index contributed by atoms with van der Waals surface area (Å²) < 4.78 is 13.9. The number of benzene rings is 4. The van der Waals surface area contributed by atoms with Crippen LogP contribution in [-0.4, -0.2) is 27.7 Å². The maximum absolute atomic E-state index is 12.5. The molecule has 1 aromatic heterocycles. The SMILES string of the molecule is CC(C)c1ccc2c(c1)CC[C@H]1[C@@](C)(Cn3c(-c4cccc(OCC(=O)OC(C)(C)C)c4)nc4cc(-c5ccc(CN)cc5)ccc43)CCC[C@]21C. The van der Waals surface area contributed by atoms with Gasteiger partial charge in [0.25, 0.3) is 0 Å². The molecule has 6 nitrogen and oxygen atoms in total. The minimum atomic E-state index is -0.568. The van der Waals surface area contributed by atoms with Crippen molar-refractivity contribution in [1.82, 2.24) is 9.55 Å². The van der Waals surface area contributed by atoms with Gasteiger partial charge in [-0.1, -0.05) is 94.8 Å². The lowest BCUT2D eigenvalue weighted by atomic mass is 9.49. The van der Waals surface area contributed by atoms with Crippen LogP contribution in [0.5, 0.6) is 5.75 Å². The topological polar surface area (TPSA) is 79.4 Å². The summed E-state index contributed by atoms with van der Waals surface area (Å²) in [5.74, 6) is 2.22. The fourth-order valence-electron chi connectivity index (χ4n) is 9.31. The highest BCUT2D eigenvalue weighted by molar-refractivity contribution is 5.86. The van der Waals surface area contributed by atoms with Crippen LogP contribution < -0.4 is 10.5 Å². The Morgan fingerprint density at radius 3 is 2.44 bits per heavy atom. The molecule has 2 aliphatic carbocycles. The van der Waals surface area contributed by atoms with Gasteiger partial charge in [0.1, 0.15) is 17.2 Å². The molecule has 2 N–H and O–H groups in total. The van der Waals surface area contributed by atoms with Crippen molar-refractivity contribution in [3.8, 4) is 28.3 Å². The predicted molar refractivity (Wildman–Crippen MR) is 211 cm³/mol. The van der Waals surface area contributed by atoms with Crippen LogP contribution in [0.2, 0.25) is 0 Å². The number of hydrogen-bond acceptors (Lipinski definition) is 5. The third kappa shape index (κ3) is 7.02. The number of nitrogens with zero attached hydrogens (tertiary/aromatic N) is 2. The van der Waals surface area contributed by atoms with Gasteiger partial charge in [-0.05, 0) is 127 Å². The zero-order valence-corrected chi connectivity index (χ0v) is 32.1. The van der Waals surface area contributed by atoms with E-state index in [-0.39, 0.29) is 23.4 Å². The average molecular weight is 698 g/mol. The van der Waals surface area contributed by atoms with Gasteiger partial charge < -0.3 is 19.8 Å². The molecular weight excluding hydrogens is 643 g/mol. The number of ether oxygens (including phenoxy) is 2. The van der Waals surface area contributed by atoms with E-state index in [2.05, 4.69) is 99.0 Å². The highest BCUT2D eigenvalue weighted by atomic mass is 16.6. The van der Waals surface area contributed by atoms with Crippen LogP contribution in [0.4, 0.5) is 0 Å². The summed E-state index contributed by atoms with van der Waals surface area (Å²) in [4.78, 5) is 17.9. The number of carbonyl (C=O) groups is 1. The monoisotopic (exact) mass is 697 g/mol. The first-order valence-electron chi connectivity index (χ1n) is 19.1. The minimum Gasteiger partial charge on any atom is -0.482 e. The largest absolute Gasteiger partial charge is 0.482 e. The molecule has 7 rings (SSSR count). The molecule has 4 aromatic carbocycles. The Balaban J connectivity index is 1.28. The number of aryl methyl sites for hydroxylation is 1. The van der Waals surface area contributed by atoms with Gasteiger partial charge in [0.2, 0.25) is 0 Å². The molecule has 3 atom stereocenters. The van der Waals surface area contributed by atoms with E-state index in [1.54, 1.807) is 11.1 Å². The molecule has 272 valence electrons. The smallest absolute Gasteiger partial charge is 0.344 e. The van der Waals surface area contributed by atoms with Crippen molar-refractivity contribution in [2.45, 2.75) is 111 Å². The highest BCUT2D eigenvalue weighted by Crippen LogP contribution is 2.58. The molecule has 0 spiro atoms. The molecular formula is C46H55N3O3. The maximum Gasteiger partial charge on any atom is 0.344 e. The Labute approximate surface area is 309 Å². The third-order valence-electron chi connectivity index (χ3n) is 11.8. The summed E-state index contributed by atoms with van der Waals surface area (Å²) in [5.41, 5.74) is 16.5. The number of carbonyl (C=O) groups excluding carboxylic acids is 1. The van der Waals surface area contributed by atoms with Crippen molar-refractivity contribution in [2.75, 3.05) is 6.61 Å². The second-order valence-electron chi connectivity index (χ2n) is 17.1. The highest BCUT2D eigenvalue weighted by Gasteiger charge is 2.52. The molecule has 0 saturated heterocycles. The van der Waals surface area contributed by atoms with Crippen molar-refractivity contribution in [1.29, 1.82) is 0 Å². The van der Waals surface area contributed by atoms with Crippen molar-refractivity contribution in [3.63, 3.8) is 0 Å². The summed E-state index contributed by atoms with van der Waals surface area (Å²) in [7, 11) is 0. The number of imidazole rings is 1. The molecule has 52 heavy (non-hydrogen) atoms. The second-order valence-corrected chi connectivity index (χ2v) is 17.1. The Kier molecular flexibility index (Phi) is 9.58. The maximum atomic E-state index is 12.5. The van der Waals surface area contributed by atoms with Crippen molar-refractivity contribution >= 4 is 17.0 Å². The number of esters is 1. The van der Waals surface area contributed by atoms with Crippen LogP contribution in [-0.2, 0) is 34.5 Å². The Hall–Kier alpha value is -4.42. The lowest BCUT2D eigenvalue weighted by Gasteiger charge is -2.56. The number of aromatic nitrogens is 2. The number of fused-ring (bicyclic) bond motifs is 4. The number of rotatable bonds is 9. The zero-order valence-electron chi connectivity index (χ0n) is 32.1. The molecule has 0 aliphatic heterocycles. The fourth-order valence-corrected chi connectivity index (χ4v) is 9.31. The van der Waals surface area contributed by atoms with Crippen LogP contribution in [0.1, 0.15) is 102 Å². The van der Waals surface area contributed by atoms with E-state index in [0.717, 1.165) is 52.1 Å². The van der Waals surface area contributed by atoms with E-state index in [0.29, 0.717) is 24.1 Å². The van der Waals surface area contributed by atoms with E-state index < -0.39 is 5.60 Å². The van der Waals surface area contributed by atoms with Crippen molar-refractivity contribution in [3.05, 3.63) is 107 Å². The van der Waals surface area contributed by atoms with Gasteiger partial charge in [-0.25, -0.2) is 9.78 Å². The summed E-state index contributed by atoms with van der Waals surface area (Å²) in [5, 5.41) is 0. The average Bonchev–Trinajstić information content (AvgIpc) is 3.46. The van der Waals surface area contributed by atoms with E-state index in [1.165, 1.54) is 31.2 Å². The summed E-state index contributed by atoms with van der Waals surface area (Å²) in [6, 6.07) is 30.5. The molecule has 1 saturated carbocycles. The molecule has 6 heteroatoms. The van der Waals surface area contributed by atoms with E-state index in [1.807, 2.05) is 39.0 Å². The van der Waals surface area contributed by atoms with Crippen LogP contribution in [0.15, 0.2) is 84.9 Å². The molecule has 0 bridgehead atoms. The van der Waals surface area contributed by atoms with E-state index in [4.69, 9.17) is 20.2 Å². The van der Waals surface area contributed by atoms with Gasteiger partial charge in [0, 0.05) is 18.7 Å². The van der Waals surface area contributed by atoms with Gasteiger partial charge in [0.05, 0.1) is 11.0 Å². The first-order chi connectivity index (χ1) is 24.8. The molecule has 1 fully saturated rings. The summed E-state index contributed by atoms with van der Waals surface area (Å²) in [6.45, 7) is 16.5. The van der Waals surface area contributed by atoms with Crippen molar-refractivity contribution < 1.29 is 14.3 Å². The third-order valence-corrected chi connectivity index (χ3v) is 11.8. The lowest BCUT2D eigenvalue weighted by Crippen LogP contribution is -2.50. The van der Waals surface area contributed by atoms with Gasteiger partial charge in [0.15, 0.2) is 6.61 Å². The fraction of sp³-hybridized carbons (Fsp3) is 0.435. The molecule has 5 aromatic rings. The Morgan fingerprint density at radius 2 is 1.71 bits per heavy atom. The van der Waals surface area contributed by atoms with Crippen LogP contribution in [0, 0.1) is 11.3 Å². The second kappa shape index (κ2) is 13.9. The first kappa shape index (κ1) is 36.0. The van der Waals surface area contributed by atoms with E-state index >= 15 is 0 Å². The van der Waals surface area contributed by atoms with Gasteiger partial charge in [-0.15, -0.1) is 0 Å². The normalized spacial score (nSPS) is 21.5.